The van der Waals surface area contributed by atoms with E-state index >= 15 is 0 Å². The summed E-state index contributed by atoms with van der Waals surface area (Å²) in [5.41, 5.74) is 2.86. The molecule has 0 bridgehead atoms. The summed E-state index contributed by atoms with van der Waals surface area (Å²) in [6.45, 7) is 30.0. The van der Waals surface area contributed by atoms with Gasteiger partial charge in [-0.3, -0.25) is 4.79 Å². The third kappa shape index (κ3) is 4.03. The van der Waals surface area contributed by atoms with Crippen LogP contribution in [0.3, 0.4) is 0 Å². The summed E-state index contributed by atoms with van der Waals surface area (Å²) in [4.78, 5) is 13.8. The van der Waals surface area contributed by atoms with Crippen molar-refractivity contribution < 1.29 is 4.79 Å². The maximum Gasteiger partial charge on any atom is 0.159 e. The van der Waals surface area contributed by atoms with E-state index in [-0.39, 0.29) is 22.2 Å². The Labute approximate surface area is 218 Å². The summed E-state index contributed by atoms with van der Waals surface area (Å²) in [6, 6.07) is 0. The smallest absolute Gasteiger partial charge is 0.159 e. The summed E-state index contributed by atoms with van der Waals surface area (Å²) in [5.74, 6) is 4.75. The van der Waals surface area contributed by atoms with Crippen LogP contribution in [0.5, 0.6) is 0 Å². The van der Waals surface area contributed by atoms with Crippen molar-refractivity contribution in [3.63, 3.8) is 0 Å². The molecular weight excluding hydrogens is 424 g/mol. The van der Waals surface area contributed by atoms with E-state index in [1.54, 1.807) is 5.57 Å². The minimum atomic E-state index is 0.143. The molecule has 4 aliphatic rings. The van der Waals surface area contributed by atoms with Gasteiger partial charge in [-0.1, -0.05) is 88.7 Å². The quantitative estimate of drug-likeness (QED) is 0.389. The molecule has 4 unspecified atom stereocenters. The van der Waals surface area contributed by atoms with Crippen LogP contribution in [0, 0.1) is 68.5 Å². The summed E-state index contributed by atoms with van der Waals surface area (Å²) in [7, 11) is 0. The molecule has 35 heavy (non-hydrogen) atoms. The van der Waals surface area contributed by atoms with Crippen LogP contribution in [-0.4, -0.2) is 5.78 Å². The molecule has 4 rings (SSSR count). The van der Waals surface area contributed by atoms with E-state index in [4.69, 9.17) is 0 Å². The van der Waals surface area contributed by atoms with Crippen molar-refractivity contribution in [2.24, 2.45) is 68.5 Å². The Morgan fingerprint density at radius 3 is 2.20 bits per heavy atom. The summed E-state index contributed by atoms with van der Waals surface area (Å²) in [6.07, 6.45) is 11.1. The van der Waals surface area contributed by atoms with Crippen LogP contribution >= 0.6 is 0 Å². The molecule has 0 saturated heterocycles. The zero-order chi connectivity index (χ0) is 26.4. The number of carbonyl (C=O) groups is 1. The Morgan fingerprint density at radius 2 is 1.60 bits per heavy atom. The minimum absolute atomic E-state index is 0.143. The zero-order valence-electron chi connectivity index (χ0n) is 25.5. The molecule has 0 aromatic rings. The number of hydrogen-bond acceptors (Lipinski definition) is 1. The molecule has 0 N–H and O–H groups in total. The lowest BCUT2D eigenvalue weighted by Gasteiger charge is -2.64. The van der Waals surface area contributed by atoms with Gasteiger partial charge in [0.05, 0.1) is 0 Å². The first-order chi connectivity index (χ1) is 15.9. The fraction of sp³-hybridized carbons (Fsp3) is 0.912. The van der Waals surface area contributed by atoms with E-state index in [0.29, 0.717) is 46.2 Å². The Bertz CT molecular complexity index is 872. The number of hydrogen-bond donors (Lipinski definition) is 0. The van der Waals surface area contributed by atoms with Crippen molar-refractivity contribution >= 4 is 5.78 Å². The van der Waals surface area contributed by atoms with E-state index in [2.05, 4.69) is 89.2 Å². The molecule has 0 spiro atoms. The van der Waals surface area contributed by atoms with E-state index < -0.39 is 0 Å². The number of carbonyl (C=O) groups excluding carboxylic acids is 1. The van der Waals surface area contributed by atoms with Gasteiger partial charge in [-0.25, -0.2) is 0 Å². The lowest BCUT2D eigenvalue weighted by atomic mass is 9.39. The number of rotatable bonds is 4. The van der Waals surface area contributed by atoms with Gasteiger partial charge in [-0.15, -0.1) is 0 Å². The summed E-state index contributed by atoms with van der Waals surface area (Å²) in [5, 5.41) is 0. The van der Waals surface area contributed by atoms with Crippen molar-refractivity contribution in [3.05, 3.63) is 11.6 Å². The Balaban J connectivity index is 1.71. The van der Waals surface area contributed by atoms with E-state index in [1.807, 2.05) is 0 Å². The van der Waals surface area contributed by atoms with E-state index in [0.717, 1.165) is 12.3 Å². The molecule has 0 radical (unpaired) electrons. The second-order valence-corrected chi connectivity index (χ2v) is 16.8. The second-order valence-electron chi connectivity index (χ2n) is 16.8. The third-order valence-electron chi connectivity index (χ3n) is 13.2. The first-order valence-electron chi connectivity index (χ1n) is 15.1. The van der Waals surface area contributed by atoms with Gasteiger partial charge in [-0.2, -0.15) is 0 Å². The Morgan fingerprint density at radius 1 is 0.971 bits per heavy atom. The van der Waals surface area contributed by atoms with Gasteiger partial charge in [0.2, 0.25) is 0 Å². The molecule has 3 fully saturated rings. The summed E-state index contributed by atoms with van der Waals surface area (Å²) < 4.78 is 0. The van der Waals surface area contributed by atoms with Crippen LogP contribution in [-0.2, 0) is 4.79 Å². The van der Waals surface area contributed by atoms with Crippen molar-refractivity contribution in [3.8, 4) is 0 Å². The molecule has 0 aliphatic heterocycles. The molecule has 0 aromatic heterocycles. The fourth-order valence-corrected chi connectivity index (χ4v) is 10.5. The lowest BCUT2D eigenvalue weighted by Crippen LogP contribution is -2.59. The minimum Gasteiger partial charge on any atom is -0.295 e. The predicted octanol–water partition coefficient (Wildman–Crippen LogP) is 9.75. The lowest BCUT2D eigenvalue weighted by molar-refractivity contribution is -0.139. The SMILES string of the molecule is CC1C[C@H]2C(=O)C=C3C([C@H](C)C[C@]4(C)C(C(C)(C)[C@H](C)CCC(C)(C)C)CC[C@@]34C)[C@@]2(C)CC1C. The monoisotopic (exact) mass is 482 g/mol. The van der Waals surface area contributed by atoms with Crippen LogP contribution < -0.4 is 0 Å². The van der Waals surface area contributed by atoms with Crippen LogP contribution in [0.4, 0.5) is 0 Å². The zero-order valence-corrected chi connectivity index (χ0v) is 25.5. The van der Waals surface area contributed by atoms with Crippen molar-refractivity contribution in [2.45, 2.75) is 128 Å². The standard InChI is InChI=1S/C34H58O/c1-21-17-25-27(35)18-26-29(32(25,10)19-22(21)2)23(3)20-34(12)28(14-16-33(26,34)11)31(8,9)24(4)13-15-30(5,6)7/h18,21-25,28-29H,13-17,19-20H2,1-12H3/t21?,22?,23-,24-,25+,28?,29?,32+,33+,34-/m1/s1. The second kappa shape index (κ2) is 8.46. The van der Waals surface area contributed by atoms with Crippen molar-refractivity contribution in [1.29, 1.82) is 0 Å². The van der Waals surface area contributed by atoms with Crippen LogP contribution in [0.1, 0.15) is 128 Å². The van der Waals surface area contributed by atoms with Crippen LogP contribution in [0.15, 0.2) is 11.6 Å². The molecule has 10 atom stereocenters. The van der Waals surface area contributed by atoms with Gasteiger partial charge in [0.1, 0.15) is 0 Å². The maximum absolute atomic E-state index is 13.8. The predicted molar refractivity (Wildman–Crippen MR) is 150 cm³/mol. The van der Waals surface area contributed by atoms with Crippen LogP contribution in [0.25, 0.3) is 0 Å². The molecule has 0 amide bonds. The summed E-state index contributed by atoms with van der Waals surface area (Å²) >= 11 is 0. The molecular formula is C34H58O. The molecule has 1 heteroatoms. The normalized spacial score (nSPS) is 47.0. The highest BCUT2D eigenvalue weighted by molar-refractivity contribution is 5.94. The highest BCUT2D eigenvalue weighted by atomic mass is 16.1. The fourth-order valence-electron chi connectivity index (χ4n) is 10.5. The van der Waals surface area contributed by atoms with Gasteiger partial charge in [0.15, 0.2) is 5.78 Å². The average molecular weight is 483 g/mol. The highest BCUT2D eigenvalue weighted by Gasteiger charge is 2.68. The maximum atomic E-state index is 13.8. The molecule has 3 saturated carbocycles. The largest absolute Gasteiger partial charge is 0.295 e. The van der Waals surface area contributed by atoms with Crippen molar-refractivity contribution in [2.75, 3.05) is 0 Å². The number of ketones is 1. The van der Waals surface area contributed by atoms with Crippen molar-refractivity contribution in [1.82, 2.24) is 0 Å². The molecule has 1 nitrogen and oxygen atoms in total. The number of fused-ring (bicyclic) bond motifs is 5. The topological polar surface area (TPSA) is 17.1 Å². The molecule has 4 aliphatic carbocycles. The van der Waals surface area contributed by atoms with Gasteiger partial charge in [-0.05, 0) is 114 Å². The molecule has 0 heterocycles. The van der Waals surface area contributed by atoms with E-state index in [9.17, 15) is 4.79 Å². The Kier molecular flexibility index (Phi) is 6.63. The highest BCUT2D eigenvalue weighted by Crippen LogP contribution is 2.75. The average Bonchev–Trinajstić information content (AvgIpc) is 2.99. The number of allylic oxidation sites excluding steroid dienone is 2. The van der Waals surface area contributed by atoms with Gasteiger partial charge in [0, 0.05) is 5.92 Å². The van der Waals surface area contributed by atoms with Crippen LogP contribution in [0.2, 0.25) is 0 Å². The van der Waals surface area contributed by atoms with Gasteiger partial charge >= 0.3 is 0 Å². The Hall–Kier alpha value is -0.590. The third-order valence-corrected chi connectivity index (χ3v) is 13.2. The van der Waals surface area contributed by atoms with Gasteiger partial charge in [0.25, 0.3) is 0 Å². The first-order valence-corrected chi connectivity index (χ1v) is 15.1. The molecule has 0 aromatic carbocycles. The first kappa shape index (κ1) is 27.4. The van der Waals surface area contributed by atoms with E-state index in [1.165, 1.54) is 38.5 Å². The molecule has 200 valence electrons. The van der Waals surface area contributed by atoms with Gasteiger partial charge < -0.3 is 0 Å².